The van der Waals surface area contributed by atoms with Crippen molar-refractivity contribution in [2.24, 2.45) is 5.92 Å². The molecule has 0 aromatic carbocycles. The minimum absolute atomic E-state index is 0.134. The predicted octanol–water partition coefficient (Wildman–Crippen LogP) is 1.46. The third-order valence-electron chi connectivity index (χ3n) is 1.80. The number of carbonyl (C=O) groups excluding carboxylic acids is 1. The van der Waals surface area contributed by atoms with Crippen molar-refractivity contribution in [2.75, 3.05) is 19.8 Å². The maximum absolute atomic E-state index is 11.4. The van der Waals surface area contributed by atoms with Gasteiger partial charge in [0, 0.05) is 5.92 Å². The molecule has 0 amide bonds. The molecule has 0 saturated heterocycles. The van der Waals surface area contributed by atoms with Crippen LogP contribution in [0.2, 0.25) is 0 Å². The first-order valence-corrected chi connectivity index (χ1v) is 4.83. The molecular formula is C10H16O4. The number of esters is 1. The first-order valence-electron chi connectivity index (χ1n) is 4.83. The van der Waals surface area contributed by atoms with E-state index in [2.05, 4.69) is 0 Å². The maximum Gasteiger partial charge on any atom is 0.377 e. The van der Waals surface area contributed by atoms with E-state index >= 15 is 0 Å². The molecule has 80 valence electrons. The summed E-state index contributed by atoms with van der Waals surface area (Å²) >= 11 is 0. The molecule has 1 aliphatic heterocycles. The fraction of sp³-hybridized carbons (Fsp3) is 0.700. The van der Waals surface area contributed by atoms with Gasteiger partial charge in [-0.2, -0.15) is 0 Å². The molecule has 0 saturated carbocycles. The van der Waals surface area contributed by atoms with E-state index in [0.717, 1.165) is 0 Å². The van der Waals surface area contributed by atoms with Gasteiger partial charge in [-0.25, -0.2) is 4.79 Å². The molecule has 0 fully saturated rings. The second-order valence-electron chi connectivity index (χ2n) is 3.27. The van der Waals surface area contributed by atoms with Gasteiger partial charge in [0.25, 0.3) is 0 Å². The van der Waals surface area contributed by atoms with E-state index in [-0.39, 0.29) is 11.7 Å². The molecule has 0 aromatic heterocycles. The molecule has 0 N–H and O–H groups in total. The van der Waals surface area contributed by atoms with Crippen LogP contribution in [-0.4, -0.2) is 25.8 Å². The predicted molar refractivity (Wildman–Crippen MR) is 50.4 cm³/mol. The Morgan fingerprint density at radius 2 is 2.07 bits per heavy atom. The Morgan fingerprint density at radius 1 is 1.43 bits per heavy atom. The van der Waals surface area contributed by atoms with Gasteiger partial charge in [-0.1, -0.05) is 13.8 Å². The summed E-state index contributed by atoms with van der Waals surface area (Å²) in [4.78, 5) is 11.4. The first kappa shape index (κ1) is 10.9. The van der Waals surface area contributed by atoms with Crippen LogP contribution in [0.5, 0.6) is 0 Å². The molecular weight excluding hydrogens is 184 g/mol. The van der Waals surface area contributed by atoms with Gasteiger partial charge in [0.2, 0.25) is 5.76 Å². The quantitative estimate of drug-likeness (QED) is 0.647. The van der Waals surface area contributed by atoms with E-state index in [1.165, 1.54) is 0 Å². The highest BCUT2D eigenvalue weighted by Gasteiger charge is 2.25. The summed E-state index contributed by atoms with van der Waals surface area (Å²) in [6, 6.07) is 0. The van der Waals surface area contributed by atoms with E-state index < -0.39 is 5.97 Å². The van der Waals surface area contributed by atoms with Gasteiger partial charge in [-0.15, -0.1) is 0 Å². The lowest BCUT2D eigenvalue weighted by molar-refractivity contribution is -0.144. The average molecular weight is 200 g/mol. The van der Waals surface area contributed by atoms with Gasteiger partial charge in [0.15, 0.2) is 0 Å². The number of allylic oxidation sites excluding steroid dienone is 1. The van der Waals surface area contributed by atoms with Crippen LogP contribution in [0.15, 0.2) is 11.5 Å². The van der Waals surface area contributed by atoms with Gasteiger partial charge < -0.3 is 14.2 Å². The van der Waals surface area contributed by atoms with Gasteiger partial charge in [0.1, 0.15) is 19.0 Å². The lowest BCUT2D eigenvalue weighted by Crippen LogP contribution is -2.23. The highest BCUT2D eigenvalue weighted by atomic mass is 16.6. The van der Waals surface area contributed by atoms with Crippen molar-refractivity contribution < 1.29 is 19.0 Å². The Kier molecular flexibility index (Phi) is 3.80. The minimum Gasteiger partial charge on any atom is -0.490 e. The van der Waals surface area contributed by atoms with Crippen molar-refractivity contribution in [3.63, 3.8) is 0 Å². The monoisotopic (exact) mass is 200 g/mol. The molecule has 0 spiro atoms. The highest BCUT2D eigenvalue weighted by molar-refractivity contribution is 5.87. The summed E-state index contributed by atoms with van der Waals surface area (Å²) < 4.78 is 15.5. The summed E-state index contributed by atoms with van der Waals surface area (Å²) in [5, 5.41) is 0. The summed E-state index contributed by atoms with van der Waals surface area (Å²) in [5.41, 5.74) is 0. The Labute approximate surface area is 83.8 Å². The van der Waals surface area contributed by atoms with Crippen LogP contribution in [0.1, 0.15) is 20.8 Å². The van der Waals surface area contributed by atoms with Crippen LogP contribution >= 0.6 is 0 Å². The Hall–Kier alpha value is -1.19. The van der Waals surface area contributed by atoms with E-state index in [4.69, 9.17) is 14.2 Å². The Morgan fingerprint density at radius 3 is 2.64 bits per heavy atom. The van der Waals surface area contributed by atoms with Crippen LogP contribution in [0, 0.1) is 5.92 Å². The molecule has 0 atom stereocenters. The normalized spacial score (nSPS) is 16.3. The van der Waals surface area contributed by atoms with E-state index in [9.17, 15) is 4.79 Å². The van der Waals surface area contributed by atoms with Crippen molar-refractivity contribution in [2.45, 2.75) is 20.8 Å². The zero-order valence-electron chi connectivity index (χ0n) is 8.83. The number of ether oxygens (including phenoxy) is 3. The molecule has 1 heterocycles. The van der Waals surface area contributed by atoms with Crippen molar-refractivity contribution >= 4 is 5.97 Å². The van der Waals surface area contributed by atoms with Gasteiger partial charge in [-0.05, 0) is 6.92 Å². The summed E-state index contributed by atoms with van der Waals surface area (Å²) in [6.07, 6.45) is 0. The molecule has 0 bridgehead atoms. The van der Waals surface area contributed by atoms with Crippen LogP contribution in [0.4, 0.5) is 0 Å². The molecule has 14 heavy (non-hydrogen) atoms. The standard InChI is InChI=1S/C10H16O4/c1-4-12-10(11)9-8(7(2)3)13-5-6-14-9/h7H,4-6H2,1-3H3. The van der Waals surface area contributed by atoms with Crippen LogP contribution in [0.25, 0.3) is 0 Å². The van der Waals surface area contributed by atoms with Crippen molar-refractivity contribution in [1.29, 1.82) is 0 Å². The number of rotatable bonds is 3. The fourth-order valence-electron chi connectivity index (χ4n) is 1.22. The Balaban J connectivity index is 2.82. The molecule has 0 unspecified atom stereocenters. The van der Waals surface area contributed by atoms with Crippen LogP contribution in [-0.2, 0) is 19.0 Å². The van der Waals surface area contributed by atoms with E-state index in [0.29, 0.717) is 25.6 Å². The summed E-state index contributed by atoms with van der Waals surface area (Å²) in [7, 11) is 0. The lowest BCUT2D eigenvalue weighted by atomic mass is 10.1. The van der Waals surface area contributed by atoms with E-state index in [1.807, 2.05) is 13.8 Å². The van der Waals surface area contributed by atoms with Gasteiger partial charge >= 0.3 is 5.97 Å². The lowest BCUT2D eigenvalue weighted by Gasteiger charge is -2.22. The zero-order valence-corrected chi connectivity index (χ0v) is 8.83. The second kappa shape index (κ2) is 4.88. The third kappa shape index (κ3) is 2.40. The number of carbonyl (C=O) groups is 1. The third-order valence-corrected chi connectivity index (χ3v) is 1.80. The van der Waals surface area contributed by atoms with Crippen LogP contribution in [0.3, 0.4) is 0 Å². The average Bonchev–Trinajstić information content (AvgIpc) is 2.18. The van der Waals surface area contributed by atoms with Gasteiger partial charge in [-0.3, -0.25) is 0 Å². The molecule has 0 radical (unpaired) electrons. The first-order chi connectivity index (χ1) is 6.66. The molecule has 4 heteroatoms. The van der Waals surface area contributed by atoms with E-state index in [1.54, 1.807) is 6.92 Å². The summed E-state index contributed by atoms with van der Waals surface area (Å²) in [6.45, 7) is 6.90. The molecule has 1 aliphatic rings. The highest BCUT2D eigenvalue weighted by Crippen LogP contribution is 2.21. The SMILES string of the molecule is CCOC(=O)C1=C(C(C)C)OCCO1. The van der Waals surface area contributed by atoms with Crippen molar-refractivity contribution in [3.8, 4) is 0 Å². The molecule has 1 rings (SSSR count). The largest absolute Gasteiger partial charge is 0.490 e. The molecule has 4 nitrogen and oxygen atoms in total. The number of hydrogen-bond donors (Lipinski definition) is 0. The summed E-state index contributed by atoms with van der Waals surface area (Å²) in [5.74, 6) is 0.522. The maximum atomic E-state index is 11.4. The molecule has 0 aliphatic carbocycles. The Bertz CT molecular complexity index is 243. The van der Waals surface area contributed by atoms with Crippen molar-refractivity contribution in [1.82, 2.24) is 0 Å². The topological polar surface area (TPSA) is 44.8 Å². The number of hydrogen-bond acceptors (Lipinski definition) is 4. The minimum atomic E-state index is -0.434. The smallest absolute Gasteiger partial charge is 0.377 e. The fourth-order valence-corrected chi connectivity index (χ4v) is 1.22. The van der Waals surface area contributed by atoms with Crippen LogP contribution < -0.4 is 0 Å². The van der Waals surface area contributed by atoms with Gasteiger partial charge in [0.05, 0.1) is 6.61 Å². The van der Waals surface area contributed by atoms with Crippen molar-refractivity contribution in [3.05, 3.63) is 11.5 Å². The zero-order chi connectivity index (χ0) is 10.6. The molecule has 0 aromatic rings. The second-order valence-corrected chi connectivity index (χ2v) is 3.27.